The maximum absolute atomic E-state index is 12.5. The zero-order chi connectivity index (χ0) is 16.6. The molecule has 0 aromatic rings. The van der Waals surface area contributed by atoms with E-state index in [9.17, 15) is 4.79 Å². The number of ether oxygens (including phenoxy) is 1. The van der Waals surface area contributed by atoms with Gasteiger partial charge in [-0.15, -0.1) is 0 Å². The highest BCUT2D eigenvalue weighted by Crippen LogP contribution is 2.17. The first-order valence-corrected chi connectivity index (χ1v) is 9.89. The van der Waals surface area contributed by atoms with Crippen molar-refractivity contribution in [3.8, 4) is 0 Å². The van der Waals surface area contributed by atoms with Crippen LogP contribution in [0.5, 0.6) is 0 Å². The van der Waals surface area contributed by atoms with E-state index in [1.54, 1.807) is 0 Å². The van der Waals surface area contributed by atoms with Gasteiger partial charge in [0.1, 0.15) is 0 Å². The number of hydrogen-bond acceptors (Lipinski definition) is 4. The zero-order valence-electron chi connectivity index (χ0n) is 15.0. The summed E-state index contributed by atoms with van der Waals surface area (Å²) < 4.78 is 5.40. The van der Waals surface area contributed by atoms with Gasteiger partial charge in [0.05, 0.1) is 13.2 Å². The number of carbonyl (C=O) groups is 1. The van der Waals surface area contributed by atoms with E-state index in [2.05, 4.69) is 15.1 Å². The van der Waals surface area contributed by atoms with Crippen LogP contribution in [0.25, 0.3) is 0 Å². The average molecular weight is 338 g/mol. The Morgan fingerprint density at radius 1 is 0.833 bits per heavy atom. The Labute approximate surface area is 146 Å². The monoisotopic (exact) mass is 338 g/mol. The molecule has 2 heterocycles. The lowest BCUT2D eigenvalue weighted by atomic mass is 10.1. The largest absolute Gasteiger partial charge is 0.379 e. The first kappa shape index (κ1) is 18.0. The fraction of sp³-hybridized carbons (Fsp3) is 0.944. The van der Waals surface area contributed by atoms with Gasteiger partial charge in [-0.1, -0.05) is 25.7 Å². The Bertz CT molecular complexity index is 371. The predicted molar refractivity (Wildman–Crippen MR) is 95.3 cm³/mol. The van der Waals surface area contributed by atoms with Gasteiger partial charge in [-0.05, 0) is 12.8 Å². The summed E-state index contributed by atoms with van der Waals surface area (Å²) in [5.74, 6) is 0. The van der Waals surface area contributed by atoms with E-state index in [0.29, 0.717) is 6.04 Å². The fourth-order valence-corrected chi connectivity index (χ4v) is 3.97. The van der Waals surface area contributed by atoms with Crippen LogP contribution in [-0.4, -0.2) is 92.3 Å². The molecule has 0 aromatic heterocycles. The minimum atomic E-state index is 0.162. The summed E-state index contributed by atoms with van der Waals surface area (Å²) in [6, 6.07) is 0.564. The van der Waals surface area contributed by atoms with Crippen molar-refractivity contribution in [2.45, 2.75) is 44.6 Å². The molecule has 1 aliphatic carbocycles. The Morgan fingerprint density at radius 2 is 1.42 bits per heavy atom. The van der Waals surface area contributed by atoms with Crippen molar-refractivity contribution in [3.63, 3.8) is 0 Å². The molecule has 2 saturated heterocycles. The van der Waals surface area contributed by atoms with Gasteiger partial charge in [-0.25, -0.2) is 4.79 Å². The number of morpholine rings is 1. The van der Waals surface area contributed by atoms with Crippen molar-refractivity contribution in [2.75, 3.05) is 65.6 Å². The lowest BCUT2D eigenvalue weighted by Crippen LogP contribution is -2.54. The molecular weight excluding hydrogens is 304 g/mol. The molecule has 3 rings (SSSR count). The van der Waals surface area contributed by atoms with Crippen molar-refractivity contribution in [1.29, 1.82) is 0 Å². The first-order chi connectivity index (χ1) is 11.8. The molecule has 138 valence electrons. The lowest BCUT2D eigenvalue weighted by Gasteiger charge is -2.37. The highest BCUT2D eigenvalue weighted by Gasteiger charge is 2.23. The Morgan fingerprint density at radius 3 is 2.04 bits per heavy atom. The Balaban J connectivity index is 1.32. The summed E-state index contributed by atoms with van der Waals surface area (Å²) in [6.07, 6.45) is 7.50. The summed E-state index contributed by atoms with van der Waals surface area (Å²) in [4.78, 5) is 19.4. The van der Waals surface area contributed by atoms with Crippen molar-refractivity contribution >= 4 is 6.03 Å². The van der Waals surface area contributed by atoms with E-state index in [1.807, 2.05) is 4.90 Å². The molecule has 3 fully saturated rings. The van der Waals surface area contributed by atoms with Crippen molar-refractivity contribution in [2.24, 2.45) is 0 Å². The molecule has 0 spiro atoms. The third-order valence-electron chi connectivity index (χ3n) is 5.68. The van der Waals surface area contributed by atoms with E-state index in [1.165, 1.54) is 25.7 Å². The molecule has 6 nitrogen and oxygen atoms in total. The van der Waals surface area contributed by atoms with Gasteiger partial charge < -0.3 is 15.0 Å². The lowest BCUT2D eigenvalue weighted by molar-refractivity contribution is 0.0309. The van der Waals surface area contributed by atoms with E-state index in [4.69, 9.17) is 4.74 Å². The maximum Gasteiger partial charge on any atom is 0.317 e. The summed E-state index contributed by atoms with van der Waals surface area (Å²) >= 11 is 0. The molecule has 6 heteroatoms. The quantitative estimate of drug-likeness (QED) is 0.787. The molecule has 0 atom stereocenters. The summed E-state index contributed by atoms with van der Waals surface area (Å²) in [5.41, 5.74) is 0. The van der Waals surface area contributed by atoms with Crippen molar-refractivity contribution in [3.05, 3.63) is 0 Å². The van der Waals surface area contributed by atoms with Gasteiger partial charge in [0.25, 0.3) is 0 Å². The second kappa shape index (κ2) is 9.59. The highest BCUT2D eigenvalue weighted by molar-refractivity contribution is 5.74. The summed E-state index contributed by atoms with van der Waals surface area (Å²) in [6.45, 7) is 9.82. The molecular formula is C18H34N4O2. The third-order valence-corrected chi connectivity index (χ3v) is 5.68. The topological polar surface area (TPSA) is 48.1 Å². The van der Waals surface area contributed by atoms with Gasteiger partial charge in [-0.2, -0.15) is 0 Å². The molecule has 0 unspecified atom stereocenters. The number of nitrogens with one attached hydrogen (secondary N) is 1. The van der Waals surface area contributed by atoms with E-state index in [0.717, 1.165) is 78.4 Å². The SMILES string of the molecule is O=C(NC1CCCCCC1)N1CCN(CCN2CCOCC2)CC1. The van der Waals surface area contributed by atoms with E-state index < -0.39 is 0 Å². The predicted octanol–water partition coefficient (Wildman–Crippen LogP) is 1.37. The highest BCUT2D eigenvalue weighted by atomic mass is 16.5. The van der Waals surface area contributed by atoms with Crippen LogP contribution in [0.3, 0.4) is 0 Å². The second-order valence-corrected chi connectivity index (χ2v) is 7.42. The van der Waals surface area contributed by atoms with Gasteiger partial charge in [0.15, 0.2) is 0 Å². The molecule has 0 aromatic carbocycles. The molecule has 3 aliphatic rings. The Kier molecular flexibility index (Phi) is 7.17. The van der Waals surface area contributed by atoms with Crippen molar-refractivity contribution in [1.82, 2.24) is 20.0 Å². The third kappa shape index (κ3) is 5.60. The smallest absolute Gasteiger partial charge is 0.317 e. The number of nitrogens with zero attached hydrogens (tertiary/aromatic N) is 3. The normalized spacial score (nSPS) is 25.4. The van der Waals surface area contributed by atoms with Gasteiger partial charge in [0, 0.05) is 58.4 Å². The maximum atomic E-state index is 12.5. The van der Waals surface area contributed by atoms with Crippen LogP contribution < -0.4 is 5.32 Å². The van der Waals surface area contributed by atoms with Crippen molar-refractivity contribution < 1.29 is 9.53 Å². The molecule has 2 amide bonds. The van der Waals surface area contributed by atoms with Gasteiger partial charge >= 0.3 is 6.03 Å². The second-order valence-electron chi connectivity index (χ2n) is 7.42. The summed E-state index contributed by atoms with van der Waals surface area (Å²) in [7, 11) is 0. The minimum Gasteiger partial charge on any atom is -0.379 e. The van der Waals surface area contributed by atoms with Crippen LogP contribution in [-0.2, 0) is 4.74 Å². The standard InChI is InChI=1S/C18H34N4O2/c23-18(19-17-5-3-1-2-4-6-17)22-11-9-20(10-12-22)7-8-21-13-15-24-16-14-21/h17H,1-16H2,(H,19,23). The average Bonchev–Trinajstić information content (AvgIpc) is 2.90. The molecule has 0 radical (unpaired) electrons. The number of hydrogen-bond donors (Lipinski definition) is 1. The van der Waals surface area contributed by atoms with E-state index in [-0.39, 0.29) is 6.03 Å². The van der Waals surface area contributed by atoms with E-state index >= 15 is 0 Å². The number of rotatable bonds is 4. The fourth-order valence-electron chi connectivity index (χ4n) is 3.97. The van der Waals surface area contributed by atoms with Crippen LogP contribution in [0.2, 0.25) is 0 Å². The number of carbonyl (C=O) groups excluding carboxylic acids is 1. The zero-order valence-corrected chi connectivity index (χ0v) is 15.0. The van der Waals surface area contributed by atoms with Crippen LogP contribution >= 0.6 is 0 Å². The molecule has 24 heavy (non-hydrogen) atoms. The Hall–Kier alpha value is -0.850. The minimum absolute atomic E-state index is 0.162. The first-order valence-electron chi connectivity index (χ1n) is 9.89. The van der Waals surface area contributed by atoms with Crippen LogP contribution in [0, 0.1) is 0 Å². The van der Waals surface area contributed by atoms with Crippen LogP contribution in [0.1, 0.15) is 38.5 Å². The molecule has 1 saturated carbocycles. The molecule has 1 N–H and O–H groups in total. The summed E-state index contributed by atoms with van der Waals surface area (Å²) in [5, 5.41) is 3.27. The van der Waals surface area contributed by atoms with Crippen LogP contribution in [0.4, 0.5) is 4.79 Å². The molecule has 0 bridgehead atoms. The number of amides is 2. The number of piperazine rings is 1. The van der Waals surface area contributed by atoms with Gasteiger partial charge in [-0.3, -0.25) is 9.80 Å². The van der Waals surface area contributed by atoms with Gasteiger partial charge in [0.2, 0.25) is 0 Å². The van der Waals surface area contributed by atoms with Crippen LogP contribution in [0.15, 0.2) is 0 Å². The molecule has 2 aliphatic heterocycles. The number of urea groups is 1.